The molecule has 0 saturated heterocycles. The van der Waals surface area contributed by atoms with Crippen LogP contribution in [-0.4, -0.2) is 30.9 Å². The molecule has 0 radical (unpaired) electrons. The largest absolute Gasteiger partial charge is 0.494 e. The number of Topliss-reactive ketones (excluding diaryl/α,β-unsaturated/α-hetero) is 1. The molecule has 1 atom stereocenters. The number of ether oxygens (including phenoxy) is 2. The lowest BCUT2D eigenvalue weighted by Crippen LogP contribution is -2.31. The lowest BCUT2D eigenvalue weighted by Gasteiger charge is -2.11. The molecule has 1 N–H and O–H groups in total. The van der Waals surface area contributed by atoms with Crippen LogP contribution in [0.3, 0.4) is 0 Å². The van der Waals surface area contributed by atoms with Crippen molar-refractivity contribution in [3.05, 3.63) is 48.5 Å². The molecule has 27 heavy (non-hydrogen) atoms. The maximum Gasteiger partial charge on any atom is 0.258 e. The Morgan fingerprint density at radius 2 is 1.74 bits per heavy atom. The Balaban J connectivity index is 2.21. The first-order chi connectivity index (χ1) is 13.0. The van der Waals surface area contributed by atoms with Crippen LogP contribution in [0.15, 0.2) is 58.8 Å². The first kappa shape index (κ1) is 20.1. The third-order valence-electron chi connectivity index (χ3n) is 3.50. The number of ketones is 1. The zero-order valence-corrected chi connectivity index (χ0v) is 15.6. The molecule has 0 aliphatic heterocycles. The number of nitrogens with one attached hydrogen (secondary N) is 1. The van der Waals surface area contributed by atoms with Gasteiger partial charge in [-0.3, -0.25) is 9.59 Å². The third-order valence-corrected chi connectivity index (χ3v) is 3.50. The van der Waals surface area contributed by atoms with Crippen LogP contribution in [0.4, 0.5) is 11.4 Å². The van der Waals surface area contributed by atoms with Gasteiger partial charge in [-0.2, -0.15) is 10.2 Å². The van der Waals surface area contributed by atoms with Crippen LogP contribution in [0.1, 0.15) is 20.8 Å². The molecule has 0 spiro atoms. The number of amides is 1. The van der Waals surface area contributed by atoms with Gasteiger partial charge in [0.2, 0.25) is 6.04 Å². The van der Waals surface area contributed by atoms with E-state index >= 15 is 0 Å². The molecule has 0 saturated carbocycles. The van der Waals surface area contributed by atoms with Gasteiger partial charge in [0.25, 0.3) is 5.91 Å². The topological polar surface area (TPSA) is 89.4 Å². The zero-order chi connectivity index (χ0) is 19.6. The molecule has 0 aromatic heterocycles. The summed E-state index contributed by atoms with van der Waals surface area (Å²) in [5.41, 5.74) is 0.999. The smallest absolute Gasteiger partial charge is 0.258 e. The average Bonchev–Trinajstić information content (AvgIpc) is 2.64. The van der Waals surface area contributed by atoms with Gasteiger partial charge in [0.1, 0.15) is 17.2 Å². The number of hydrogen-bond donors (Lipinski definition) is 1. The molecule has 0 heterocycles. The summed E-state index contributed by atoms with van der Waals surface area (Å²) in [4.78, 5) is 24.3. The fourth-order valence-electron chi connectivity index (χ4n) is 2.28. The molecule has 2 aromatic carbocycles. The van der Waals surface area contributed by atoms with Gasteiger partial charge in [-0.25, -0.2) is 0 Å². The predicted octanol–water partition coefficient (Wildman–Crippen LogP) is 4.16. The number of azo groups is 1. The summed E-state index contributed by atoms with van der Waals surface area (Å²) in [5, 5.41) is 10.7. The Hall–Kier alpha value is -3.22. The molecule has 142 valence electrons. The molecule has 0 aliphatic rings. The molecular weight excluding hydrogens is 346 g/mol. The van der Waals surface area contributed by atoms with Crippen LogP contribution in [0.5, 0.6) is 11.5 Å². The van der Waals surface area contributed by atoms with E-state index in [4.69, 9.17) is 9.47 Å². The third kappa shape index (κ3) is 5.91. The predicted molar refractivity (Wildman–Crippen MR) is 103 cm³/mol. The minimum atomic E-state index is -1.24. The monoisotopic (exact) mass is 369 g/mol. The second-order valence-electron chi connectivity index (χ2n) is 5.58. The van der Waals surface area contributed by atoms with Crippen molar-refractivity contribution in [3.8, 4) is 11.5 Å². The van der Waals surface area contributed by atoms with Gasteiger partial charge in [0.05, 0.1) is 13.2 Å². The fraction of sp³-hybridized carbons (Fsp3) is 0.300. The van der Waals surface area contributed by atoms with Crippen molar-refractivity contribution in [2.75, 3.05) is 18.5 Å². The van der Waals surface area contributed by atoms with Gasteiger partial charge >= 0.3 is 0 Å². The van der Waals surface area contributed by atoms with Gasteiger partial charge < -0.3 is 14.8 Å². The standard InChI is InChI=1S/C20H23N3O4/c1-4-26-16-11-12-17(18(13-16)27-5-2)22-23-19(14(3)24)20(25)21-15-9-7-6-8-10-15/h6-13,19H,4-5H2,1-3H3,(H,21,25). The molecule has 7 heteroatoms. The number of nitrogens with zero attached hydrogens (tertiary/aromatic N) is 2. The highest BCUT2D eigenvalue weighted by molar-refractivity contribution is 6.10. The summed E-state index contributed by atoms with van der Waals surface area (Å²) >= 11 is 0. The Morgan fingerprint density at radius 3 is 2.37 bits per heavy atom. The van der Waals surface area contributed by atoms with Crippen LogP contribution in [0.2, 0.25) is 0 Å². The van der Waals surface area contributed by atoms with Crippen LogP contribution >= 0.6 is 0 Å². The number of rotatable bonds is 9. The van der Waals surface area contributed by atoms with Crippen LogP contribution in [0.25, 0.3) is 0 Å². The maximum atomic E-state index is 12.4. The summed E-state index contributed by atoms with van der Waals surface area (Å²) in [5.74, 6) is 0.167. The van der Waals surface area contributed by atoms with Gasteiger partial charge in [-0.15, -0.1) is 0 Å². The number of hydrogen-bond acceptors (Lipinski definition) is 6. The molecule has 0 fully saturated rings. The minimum absolute atomic E-state index is 0.406. The molecule has 7 nitrogen and oxygen atoms in total. The average molecular weight is 369 g/mol. The number of anilines is 1. The Bertz CT molecular complexity index is 806. The lowest BCUT2D eigenvalue weighted by molar-refractivity contribution is -0.126. The van der Waals surface area contributed by atoms with E-state index in [0.717, 1.165) is 0 Å². The van der Waals surface area contributed by atoms with Crippen molar-refractivity contribution in [1.29, 1.82) is 0 Å². The molecule has 0 bridgehead atoms. The van der Waals surface area contributed by atoms with Crippen molar-refractivity contribution in [1.82, 2.24) is 0 Å². The summed E-state index contributed by atoms with van der Waals surface area (Å²) in [7, 11) is 0. The molecule has 1 unspecified atom stereocenters. The lowest BCUT2D eigenvalue weighted by atomic mass is 10.2. The van der Waals surface area contributed by atoms with Crippen molar-refractivity contribution in [2.45, 2.75) is 26.8 Å². The second kappa shape index (κ2) is 10.1. The summed E-state index contributed by atoms with van der Waals surface area (Å²) in [6, 6.07) is 12.7. The van der Waals surface area contributed by atoms with Crippen LogP contribution in [-0.2, 0) is 9.59 Å². The first-order valence-electron chi connectivity index (χ1n) is 8.72. The Morgan fingerprint density at radius 1 is 1.04 bits per heavy atom. The van der Waals surface area contributed by atoms with Gasteiger partial charge in [0.15, 0.2) is 5.78 Å². The zero-order valence-electron chi connectivity index (χ0n) is 15.6. The van der Waals surface area contributed by atoms with E-state index < -0.39 is 17.7 Å². The summed E-state index contributed by atoms with van der Waals surface area (Å²) in [6.45, 7) is 5.99. The quantitative estimate of drug-likeness (QED) is 0.531. The van der Waals surface area contributed by atoms with E-state index in [9.17, 15) is 9.59 Å². The van der Waals surface area contributed by atoms with Crippen LogP contribution < -0.4 is 14.8 Å². The molecule has 0 aliphatic carbocycles. The summed E-state index contributed by atoms with van der Waals surface area (Å²) < 4.78 is 11.0. The fourth-order valence-corrected chi connectivity index (χ4v) is 2.28. The highest BCUT2D eigenvalue weighted by Gasteiger charge is 2.23. The van der Waals surface area contributed by atoms with Gasteiger partial charge in [0, 0.05) is 11.8 Å². The number of carbonyl (C=O) groups is 2. The molecule has 2 aromatic rings. The van der Waals surface area contributed by atoms with Crippen molar-refractivity contribution in [3.63, 3.8) is 0 Å². The first-order valence-corrected chi connectivity index (χ1v) is 8.72. The SMILES string of the molecule is CCOc1ccc(N=NC(C(C)=O)C(=O)Nc2ccccc2)c(OCC)c1. The van der Waals surface area contributed by atoms with Crippen LogP contribution in [0, 0.1) is 0 Å². The number of para-hydroxylation sites is 1. The van der Waals surface area contributed by atoms with Gasteiger partial charge in [-0.1, -0.05) is 18.2 Å². The van der Waals surface area contributed by atoms with E-state index in [1.54, 1.807) is 42.5 Å². The molecule has 1 amide bonds. The van der Waals surface area contributed by atoms with Gasteiger partial charge in [-0.05, 0) is 45.0 Å². The maximum absolute atomic E-state index is 12.4. The van der Waals surface area contributed by atoms with Crippen molar-refractivity contribution >= 4 is 23.1 Å². The minimum Gasteiger partial charge on any atom is -0.494 e. The van der Waals surface area contributed by atoms with E-state index in [1.165, 1.54) is 6.92 Å². The number of benzene rings is 2. The van der Waals surface area contributed by atoms with E-state index in [-0.39, 0.29) is 0 Å². The second-order valence-corrected chi connectivity index (χ2v) is 5.58. The number of carbonyl (C=O) groups excluding carboxylic acids is 2. The van der Waals surface area contributed by atoms with E-state index in [0.29, 0.717) is 36.1 Å². The van der Waals surface area contributed by atoms with Crippen molar-refractivity contribution < 1.29 is 19.1 Å². The normalized spacial score (nSPS) is 11.8. The highest BCUT2D eigenvalue weighted by atomic mass is 16.5. The van der Waals surface area contributed by atoms with E-state index in [1.807, 2.05) is 19.9 Å². The highest BCUT2D eigenvalue weighted by Crippen LogP contribution is 2.32. The Kier molecular flexibility index (Phi) is 7.49. The van der Waals surface area contributed by atoms with Crippen molar-refractivity contribution in [2.24, 2.45) is 10.2 Å². The molecule has 2 rings (SSSR count). The Labute approximate surface area is 158 Å². The molecular formula is C20H23N3O4. The summed E-state index contributed by atoms with van der Waals surface area (Å²) in [6.07, 6.45) is 0. The van der Waals surface area contributed by atoms with E-state index in [2.05, 4.69) is 15.5 Å².